The quantitative estimate of drug-likeness (QED) is 0.344. The van der Waals surface area contributed by atoms with Crippen LogP contribution in [0.2, 0.25) is 0 Å². The first-order valence-electron chi connectivity index (χ1n) is 7.87. The lowest BCUT2D eigenvalue weighted by Crippen LogP contribution is -2.32. The van der Waals surface area contributed by atoms with E-state index in [-0.39, 0.29) is 12.5 Å². The summed E-state index contributed by atoms with van der Waals surface area (Å²) >= 11 is 0. The number of Topliss-reactive ketones (excluding diaryl/α,β-unsaturated/α-hetero) is 1. The minimum Gasteiger partial charge on any atom is -0.399 e. The van der Waals surface area contributed by atoms with E-state index >= 15 is 0 Å². The average molecular weight is 353 g/mol. The lowest BCUT2D eigenvalue weighted by molar-refractivity contribution is -0.128. The summed E-state index contributed by atoms with van der Waals surface area (Å²) in [7, 11) is 0. The molecule has 2 aromatic rings. The third-order valence-corrected chi connectivity index (χ3v) is 3.26. The van der Waals surface area contributed by atoms with E-state index in [0.29, 0.717) is 17.1 Å². The van der Waals surface area contributed by atoms with Crippen LogP contribution in [0.5, 0.6) is 0 Å². The van der Waals surface area contributed by atoms with Crippen molar-refractivity contribution in [1.29, 1.82) is 0 Å². The van der Waals surface area contributed by atoms with Gasteiger partial charge in [-0.1, -0.05) is 23.4 Å². The van der Waals surface area contributed by atoms with Crippen molar-refractivity contribution < 1.29 is 14.4 Å². The van der Waals surface area contributed by atoms with Gasteiger partial charge < -0.3 is 11.1 Å². The molecule has 0 saturated heterocycles. The first-order chi connectivity index (χ1) is 12.5. The Kier molecular flexibility index (Phi) is 6.55. The Morgan fingerprint density at radius 2 is 1.69 bits per heavy atom. The number of benzene rings is 2. The summed E-state index contributed by atoms with van der Waals surface area (Å²) in [6.07, 6.45) is -0.418. The third kappa shape index (κ3) is 5.82. The Bertz CT molecular complexity index is 803. The number of hydrogen-bond donors (Lipinski definition) is 2. The van der Waals surface area contributed by atoms with Crippen molar-refractivity contribution in [3.8, 4) is 0 Å². The fraction of sp³-hybridized carbons (Fsp3) is 0.167. The molecule has 0 aliphatic rings. The van der Waals surface area contributed by atoms with Crippen LogP contribution in [0.4, 0.5) is 17.1 Å². The lowest BCUT2D eigenvalue weighted by atomic mass is 10.2. The van der Waals surface area contributed by atoms with E-state index in [1.54, 1.807) is 48.5 Å². The normalized spacial score (nSPS) is 10.5. The van der Waals surface area contributed by atoms with Gasteiger partial charge >= 0.3 is 0 Å². The van der Waals surface area contributed by atoms with Crippen LogP contribution < -0.4 is 16.1 Å². The SMILES string of the molecule is CC(=O)NCC(=O)CC(=O)N(N=Nc1ccccc1)c1ccc(N)cc1. The summed E-state index contributed by atoms with van der Waals surface area (Å²) in [6, 6.07) is 15.3. The van der Waals surface area contributed by atoms with E-state index in [2.05, 4.69) is 15.7 Å². The topological polar surface area (TPSA) is 117 Å². The lowest BCUT2D eigenvalue weighted by Gasteiger charge is -2.15. The van der Waals surface area contributed by atoms with Gasteiger partial charge in [-0.3, -0.25) is 14.4 Å². The van der Waals surface area contributed by atoms with Gasteiger partial charge in [0.1, 0.15) is 0 Å². The highest BCUT2D eigenvalue weighted by atomic mass is 16.2. The highest BCUT2D eigenvalue weighted by Crippen LogP contribution is 2.20. The molecule has 2 rings (SSSR count). The van der Waals surface area contributed by atoms with Crippen molar-refractivity contribution in [2.24, 2.45) is 10.3 Å². The summed E-state index contributed by atoms with van der Waals surface area (Å²) in [4.78, 5) is 35.3. The number of carbonyl (C=O) groups is 3. The van der Waals surface area contributed by atoms with Gasteiger partial charge in [0.05, 0.1) is 24.3 Å². The first kappa shape index (κ1) is 18.8. The largest absolute Gasteiger partial charge is 0.399 e. The zero-order valence-electron chi connectivity index (χ0n) is 14.3. The Labute approximate surface area is 150 Å². The molecule has 0 bridgehead atoms. The molecular formula is C18H19N5O3. The second kappa shape index (κ2) is 9.07. The fourth-order valence-electron chi connectivity index (χ4n) is 1.98. The minimum atomic E-state index is -0.565. The number of nitrogen functional groups attached to an aromatic ring is 1. The maximum absolute atomic E-state index is 12.5. The molecule has 26 heavy (non-hydrogen) atoms. The molecule has 8 heteroatoms. The highest BCUT2D eigenvalue weighted by Gasteiger charge is 2.19. The van der Waals surface area contributed by atoms with Crippen LogP contribution in [0.25, 0.3) is 0 Å². The number of hydrogen-bond acceptors (Lipinski definition) is 6. The number of ketones is 1. The Balaban J connectivity index is 2.18. The summed E-state index contributed by atoms with van der Waals surface area (Å²) in [6.45, 7) is 1.08. The molecule has 8 nitrogen and oxygen atoms in total. The smallest absolute Gasteiger partial charge is 0.256 e. The molecule has 0 atom stereocenters. The number of rotatable bonds is 7. The minimum absolute atomic E-state index is 0.216. The zero-order chi connectivity index (χ0) is 18.9. The molecule has 0 aromatic heterocycles. The second-order valence-corrected chi connectivity index (χ2v) is 5.45. The molecule has 0 saturated carbocycles. The number of nitrogens with zero attached hydrogens (tertiary/aromatic N) is 3. The van der Waals surface area contributed by atoms with Crippen molar-refractivity contribution in [1.82, 2.24) is 5.32 Å². The van der Waals surface area contributed by atoms with E-state index < -0.39 is 18.1 Å². The molecule has 0 spiro atoms. The molecule has 0 fully saturated rings. The van der Waals surface area contributed by atoms with E-state index in [9.17, 15) is 14.4 Å². The summed E-state index contributed by atoms with van der Waals surface area (Å²) < 4.78 is 0. The number of anilines is 2. The number of carbonyl (C=O) groups excluding carboxylic acids is 3. The van der Waals surface area contributed by atoms with Crippen molar-refractivity contribution >= 4 is 34.7 Å². The summed E-state index contributed by atoms with van der Waals surface area (Å²) in [5.41, 5.74) is 7.18. The second-order valence-electron chi connectivity index (χ2n) is 5.45. The Hall–Kier alpha value is -3.55. The van der Waals surface area contributed by atoms with Gasteiger partial charge in [0.15, 0.2) is 5.78 Å². The summed E-state index contributed by atoms with van der Waals surface area (Å²) in [5.74, 6) is -1.34. The van der Waals surface area contributed by atoms with Crippen LogP contribution in [-0.4, -0.2) is 24.1 Å². The van der Waals surface area contributed by atoms with Crippen LogP contribution in [0.15, 0.2) is 64.9 Å². The van der Waals surface area contributed by atoms with Gasteiger partial charge in [0.25, 0.3) is 5.91 Å². The predicted octanol–water partition coefficient (Wildman–Crippen LogP) is 2.40. The molecule has 0 unspecified atom stereocenters. The van der Waals surface area contributed by atoms with Gasteiger partial charge in [-0.15, -0.1) is 5.11 Å². The number of nitrogens with one attached hydrogen (secondary N) is 1. The van der Waals surface area contributed by atoms with Crippen LogP contribution in [0, 0.1) is 0 Å². The van der Waals surface area contributed by atoms with Crippen molar-refractivity contribution in [2.45, 2.75) is 13.3 Å². The van der Waals surface area contributed by atoms with Crippen molar-refractivity contribution in [3.63, 3.8) is 0 Å². The predicted molar refractivity (Wildman–Crippen MR) is 97.6 cm³/mol. The highest BCUT2D eigenvalue weighted by molar-refractivity contribution is 6.06. The monoisotopic (exact) mass is 353 g/mol. The molecule has 2 aromatic carbocycles. The molecule has 0 radical (unpaired) electrons. The number of nitrogens with two attached hydrogens (primary N) is 1. The van der Waals surface area contributed by atoms with E-state index in [1.165, 1.54) is 6.92 Å². The van der Waals surface area contributed by atoms with Crippen LogP contribution in [-0.2, 0) is 14.4 Å². The average Bonchev–Trinajstić information content (AvgIpc) is 2.62. The number of amides is 2. The standard InChI is InChI=1S/C18H19N5O3/c1-13(24)20-12-17(25)11-18(26)23(16-9-7-14(19)8-10-16)22-21-15-5-3-2-4-6-15/h2-10H,11-12,19H2,1H3,(H,20,24). The van der Waals surface area contributed by atoms with Crippen LogP contribution in [0.1, 0.15) is 13.3 Å². The molecular weight excluding hydrogens is 334 g/mol. The first-order valence-corrected chi connectivity index (χ1v) is 7.87. The van der Waals surface area contributed by atoms with Crippen molar-refractivity contribution in [2.75, 3.05) is 17.3 Å². The Morgan fingerprint density at radius 3 is 2.31 bits per heavy atom. The van der Waals surface area contributed by atoms with Gasteiger partial charge in [0, 0.05) is 12.6 Å². The van der Waals surface area contributed by atoms with Crippen molar-refractivity contribution in [3.05, 3.63) is 54.6 Å². The van der Waals surface area contributed by atoms with E-state index in [1.807, 2.05) is 6.07 Å². The maximum atomic E-state index is 12.5. The molecule has 2 amide bonds. The van der Waals surface area contributed by atoms with Crippen LogP contribution in [0.3, 0.4) is 0 Å². The van der Waals surface area contributed by atoms with E-state index in [0.717, 1.165) is 5.01 Å². The van der Waals surface area contributed by atoms with Gasteiger partial charge in [0.2, 0.25) is 5.91 Å². The van der Waals surface area contributed by atoms with Gasteiger partial charge in [-0.25, -0.2) is 0 Å². The zero-order valence-corrected chi connectivity index (χ0v) is 14.3. The maximum Gasteiger partial charge on any atom is 0.256 e. The fourth-order valence-corrected chi connectivity index (χ4v) is 1.98. The van der Waals surface area contributed by atoms with Crippen LogP contribution >= 0.6 is 0 Å². The molecule has 0 heterocycles. The molecule has 0 aliphatic heterocycles. The summed E-state index contributed by atoms with van der Waals surface area (Å²) in [5, 5.41) is 11.4. The van der Waals surface area contributed by atoms with E-state index in [4.69, 9.17) is 5.73 Å². The van der Waals surface area contributed by atoms with Gasteiger partial charge in [-0.05, 0) is 36.4 Å². The molecule has 3 N–H and O–H groups in total. The molecule has 0 aliphatic carbocycles. The van der Waals surface area contributed by atoms with Gasteiger partial charge in [-0.2, -0.15) is 5.01 Å². The third-order valence-electron chi connectivity index (χ3n) is 3.26. The Morgan fingerprint density at radius 1 is 1.04 bits per heavy atom. The molecule has 134 valence electrons.